The number of hydrogen-bond acceptors (Lipinski definition) is 4. The molecule has 4 nitrogen and oxygen atoms in total. The van der Waals surface area contributed by atoms with Gasteiger partial charge in [-0.05, 0) is 30.4 Å². The molecule has 1 saturated carbocycles. The summed E-state index contributed by atoms with van der Waals surface area (Å²) in [6.45, 7) is 0. The first-order valence-electron chi connectivity index (χ1n) is 5.70. The van der Waals surface area contributed by atoms with E-state index in [1.54, 1.807) is 6.20 Å². The normalized spacial score (nSPS) is 17.4. The maximum absolute atomic E-state index is 11.2. The molecule has 16 heavy (non-hydrogen) atoms. The number of hydrogen-bond donors (Lipinski definition) is 2. The lowest BCUT2D eigenvalue weighted by Crippen LogP contribution is -2.20. The zero-order valence-electron chi connectivity index (χ0n) is 9.49. The third-order valence-corrected chi connectivity index (χ3v) is 3.07. The maximum atomic E-state index is 11.2. The summed E-state index contributed by atoms with van der Waals surface area (Å²) in [7, 11) is 1.82. The second-order valence-electron chi connectivity index (χ2n) is 4.13. The molecule has 0 aliphatic heterocycles. The highest BCUT2D eigenvalue weighted by Gasteiger charge is 2.22. The Balaban J connectivity index is 2.16. The van der Waals surface area contributed by atoms with Crippen LogP contribution in [0.3, 0.4) is 0 Å². The highest BCUT2D eigenvalue weighted by Crippen LogP contribution is 2.33. The Bertz CT molecular complexity index is 368. The largest absolute Gasteiger partial charge is 0.306 e. The van der Waals surface area contributed by atoms with Gasteiger partial charge in [-0.2, -0.15) is 0 Å². The number of carbonyl (C=O) groups excluding carboxylic acids is 1. The Labute approximate surface area is 95.4 Å². The molecule has 0 radical (unpaired) electrons. The van der Waals surface area contributed by atoms with E-state index < -0.39 is 0 Å². The summed E-state index contributed by atoms with van der Waals surface area (Å²) in [6.07, 6.45) is 5.08. The van der Waals surface area contributed by atoms with E-state index in [-0.39, 0.29) is 0 Å². The zero-order valence-corrected chi connectivity index (χ0v) is 9.49. The molecule has 1 aromatic heterocycles. The standard InChI is InChI=1S/C12H17N3O/c1-13-15-12-11(3-2-8-14-12)9-4-6-10(16)7-5-9/h2-3,8-9,13H,4-7H2,1H3,(H,14,15). The minimum Gasteiger partial charge on any atom is -0.306 e. The van der Waals surface area contributed by atoms with E-state index in [0.29, 0.717) is 24.5 Å². The Hall–Kier alpha value is -1.42. The molecule has 1 aromatic rings. The number of carbonyl (C=O) groups is 1. The first-order valence-corrected chi connectivity index (χ1v) is 5.70. The van der Waals surface area contributed by atoms with Gasteiger partial charge < -0.3 is 5.43 Å². The van der Waals surface area contributed by atoms with Gasteiger partial charge in [0.15, 0.2) is 0 Å². The van der Waals surface area contributed by atoms with Crippen LogP contribution in [0, 0.1) is 0 Å². The number of nitrogens with one attached hydrogen (secondary N) is 2. The molecule has 2 rings (SSSR count). The van der Waals surface area contributed by atoms with Crippen LogP contribution in [0.5, 0.6) is 0 Å². The van der Waals surface area contributed by atoms with Crippen molar-refractivity contribution in [1.29, 1.82) is 0 Å². The predicted molar refractivity (Wildman–Crippen MR) is 63.1 cm³/mol. The van der Waals surface area contributed by atoms with Gasteiger partial charge in [0, 0.05) is 26.1 Å². The van der Waals surface area contributed by atoms with Gasteiger partial charge in [0.25, 0.3) is 0 Å². The molecule has 0 bridgehead atoms. The third kappa shape index (κ3) is 2.39. The van der Waals surface area contributed by atoms with E-state index in [1.165, 1.54) is 5.56 Å². The van der Waals surface area contributed by atoms with Crippen molar-refractivity contribution < 1.29 is 4.79 Å². The first kappa shape index (κ1) is 11.1. The molecule has 2 N–H and O–H groups in total. The van der Waals surface area contributed by atoms with E-state index >= 15 is 0 Å². The Morgan fingerprint density at radius 3 is 2.81 bits per heavy atom. The lowest BCUT2D eigenvalue weighted by atomic mass is 9.84. The van der Waals surface area contributed by atoms with E-state index in [4.69, 9.17) is 0 Å². The Morgan fingerprint density at radius 2 is 2.12 bits per heavy atom. The van der Waals surface area contributed by atoms with Gasteiger partial charge in [0.1, 0.15) is 11.6 Å². The fraction of sp³-hybridized carbons (Fsp3) is 0.500. The second kappa shape index (κ2) is 5.07. The van der Waals surface area contributed by atoms with Crippen molar-refractivity contribution in [2.45, 2.75) is 31.6 Å². The molecular formula is C12H17N3O. The molecule has 1 heterocycles. The van der Waals surface area contributed by atoms with Crippen molar-refractivity contribution in [3.8, 4) is 0 Å². The van der Waals surface area contributed by atoms with Crippen LogP contribution in [-0.2, 0) is 4.79 Å². The number of hydrazine groups is 1. The molecule has 86 valence electrons. The Morgan fingerprint density at radius 1 is 1.38 bits per heavy atom. The van der Waals surface area contributed by atoms with Crippen molar-refractivity contribution in [2.75, 3.05) is 12.5 Å². The summed E-state index contributed by atoms with van der Waals surface area (Å²) in [4.78, 5) is 15.5. The molecule has 0 unspecified atom stereocenters. The fourth-order valence-corrected chi connectivity index (χ4v) is 2.22. The number of anilines is 1. The van der Waals surface area contributed by atoms with Gasteiger partial charge in [-0.3, -0.25) is 4.79 Å². The van der Waals surface area contributed by atoms with E-state index in [0.717, 1.165) is 18.7 Å². The van der Waals surface area contributed by atoms with Gasteiger partial charge in [-0.15, -0.1) is 0 Å². The molecular weight excluding hydrogens is 202 g/mol. The summed E-state index contributed by atoms with van der Waals surface area (Å²) >= 11 is 0. The van der Waals surface area contributed by atoms with Gasteiger partial charge >= 0.3 is 0 Å². The molecule has 0 spiro atoms. The average Bonchev–Trinajstić information content (AvgIpc) is 2.32. The van der Waals surface area contributed by atoms with Crippen molar-refractivity contribution >= 4 is 11.6 Å². The van der Waals surface area contributed by atoms with Crippen LogP contribution < -0.4 is 10.9 Å². The van der Waals surface area contributed by atoms with Crippen molar-refractivity contribution in [2.24, 2.45) is 0 Å². The molecule has 0 aromatic carbocycles. The van der Waals surface area contributed by atoms with Gasteiger partial charge in [-0.1, -0.05) is 6.07 Å². The number of Topliss-reactive ketones (excluding diaryl/α,β-unsaturated/α-hetero) is 1. The Kier molecular flexibility index (Phi) is 3.51. The number of pyridine rings is 1. The summed E-state index contributed by atoms with van der Waals surface area (Å²) in [5.74, 6) is 1.73. The summed E-state index contributed by atoms with van der Waals surface area (Å²) in [5.41, 5.74) is 7.14. The summed E-state index contributed by atoms with van der Waals surface area (Å²) in [5, 5.41) is 0. The zero-order chi connectivity index (χ0) is 11.4. The molecule has 1 aliphatic carbocycles. The van der Waals surface area contributed by atoms with Gasteiger partial charge in [-0.25, -0.2) is 10.4 Å². The lowest BCUT2D eigenvalue weighted by Gasteiger charge is -2.23. The van der Waals surface area contributed by atoms with E-state index in [9.17, 15) is 4.79 Å². The lowest BCUT2D eigenvalue weighted by molar-refractivity contribution is -0.120. The minimum atomic E-state index is 0.392. The van der Waals surface area contributed by atoms with Crippen LogP contribution in [0.4, 0.5) is 5.82 Å². The summed E-state index contributed by atoms with van der Waals surface area (Å²) < 4.78 is 0. The first-order chi connectivity index (χ1) is 7.81. The van der Waals surface area contributed by atoms with Crippen LogP contribution >= 0.6 is 0 Å². The fourth-order valence-electron chi connectivity index (χ4n) is 2.22. The highest BCUT2D eigenvalue weighted by molar-refractivity contribution is 5.79. The van der Waals surface area contributed by atoms with E-state index in [1.807, 2.05) is 13.1 Å². The number of ketones is 1. The molecule has 0 saturated heterocycles. The highest BCUT2D eigenvalue weighted by atomic mass is 16.1. The summed E-state index contributed by atoms with van der Waals surface area (Å²) in [6, 6.07) is 4.04. The van der Waals surface area contributed by atoms with Gasteiger partial charge in [0.2, 0.25) is 0 Å². The SMILES string of the molecule is CNNc1ncccc1C1CCC(=O)CC1. The topological polar surface area (TPSA) is 54.0 Å². The molecule has 1 fully saturated rings. The van der Waals surface area contributed by atoms with Crippen LogP contribution in [0.1, 0.15) is 37.2 Å². The average molecular weight is 219 g/mol. The van der Waals surface area contributed by atoms with Crippen molar-refractivity contribution in [3.63, 3.8) is 0 Å². The smallest absolute Gasteiger partial charge is 0.143 e. The molecule has 4 heteroatoms. The quantitative estimate of drug-likeness (QED) is 0.762. The molecule has 0 amide bonds. The number of nitrogens with zero attached hydrogens (tertiary/aromatic N) is 1. The van der Waals surface area contributed by atoms with Gasteiger partial charge in [0.05, 0.1) is 0 Å². The van der Waals surface area contributed by atoms with Crippen molar-refractivity contribution in [3.05, 3.63) is 23.9 Å². The minimum absolute atomic E-state index is 0.392. The van der Waals surface area contributed by atoms with Crippen molar-refractivity contribution in [1.82, 2.24) is 10.4 Å². The second-order valence-corrected chi connectivity index (χ2v) is 4.13. The monoisotopic (exact) mass is 219 g/mol. The van der Waals surface area contributed by atoms with Crippen LogP contribution in [0.15, 0.2) is 18.3 Å². The number of aromatic nitrogens is 1. The van der Waals surface area contributed by atoms with Crippen LogP contribution in [0.2, 0.25) is 0 Å². The third-order valence-electron chi connectivity index (χ3n) is 3.07. The maximum Gasteiger partial charge on any atom is 0.143 e. The molecule has 0 atom stereocenters. The van der Waals surface area contributed by atoms with Crippen LogP contribution in [0.25, 0.3) is 0 Å². The van der Waals surface area contributed by atoms with Crippen LogP contribution in [-0.4, -0.2) is 17.8 Å². The predicted octanol–water partition coefficient (Wildman–Crippen LogP) is 1.85. The number of rotatable bonds is 3. The van der Waals surface area contributed by atoms with E-state index in [2.05, 4.69) is 21.9 Å². The molecule has 1 aliphatic rings.